The Kier molecular flexibility index (Phi) is 4.63. The van der Waals surface area contributed by atoms with E-state index in [2.05, 4.69) is 50.5 Å². The minimum Gasteiger partial charge on any atom is -0.367 e. The standard InChI is InChI=1S/C20H26N4/c1-2-4-10-18(9-3-1)23-19-13-20(22-15-21-19)24-12-11-16-7-5-6-8-17(16)14-24/h5-8,13,15,18H,1-4,9-12,14H2,(H,21,22,23). The lowest BCUT2D eigenvalue weighted by Gasteiger charge is -2.30. The first-order valence-corrected chi connectivity index (χ1v) is 9.29. The molecule has 1 aliphatic heterocycles. The molecule has 1 fully saturated rings. The molecule has 1 aromatic heterocycles. The second kappa shape index (κ2) is 7.20. The smallest absolute Gasteiger partial charge is 0.134 e. The summed E-state index contributed by atoms with van der Waals surface area (Å²) in [6.07, 6.45) is 10.7. The third kappa shape index (κ3) is 3.53. The molecule has 1 saturated carbocycles. The predicted molar refractivity (Wildman–Crippen MR) is 98.3 cm³/mol. The van der Waals surface area contributed by atoms with Crippen LogP contribution in [0.5, 0.6) is 0 Å². The lowest BCUT2D eigenvalue weighted by molar-refractivity contribution is 0.617. The van der Waals surface area contributed by atoms with Crippen molar-refractivity contribution in [2.45, 2.75) is 57.5 Å². The molecule has 0 saturated heterocycles. The number of fused-ring (bicyclic) bond motifs is 1. The fourth-order valence-corrected chi connectivity index (χ4v) is 3.92. The number of hydrogen-bond acceptors (Lipinski definition) is 4. The summed E-state index contributed by atoms with van der Waals surface area (Å²) in [7, 11) is 0. The molecule has 0 unspecified atom stereocenters. The number of benzene rings is 1. The fraction of sp³-hybridized carbons (Fsp3) is 0.500. The van der Waals surface area contributed by atoms with Crippen molar-refractivity contribution in [2.24, 2.45) is 0 Å². The van der Waals surface area contributed by atoms with E-state index >= 15 is 0 Å². The molecule has 2 aliphatic rings. The quantitative estimate of drug-likeness (QED) is 0.861. The van der Waals surface area contributed by atoms with Crippen LogP contribution >= 0.6 is 0 Å². The summed E-state index contributed by atoms with van der Waals surface area (Å²) in [5, 5.41) is 3.64. The number of nitrogens with one attached hydrogen (secondary N) is 1. The number of anilines is 2. The van der Waals surface area contributed by atoms with Crippen LogP contribution in [0.15, 0.2) is 36.7 Å². The molecule has 0 radical (unpaired) electrons. The first-order chi connectivity index (χ1) is 11.9. The molecule has 2 heterocycles. The maximum atomic E-state index is 4.52. The Bertz CT molecular complexity index is 677. The van der Waals surface area contributed by atoms with Crippen molar-refractivity contribution in [1.82, 2.24) is 9.97 Å². The van der Waals surface area contributed by atoms with Gasteiger partial charge in [0.25, 0.3) is 0 Å². The molecule has 126 valence electrons. The highest BCUT2D eigenvalue weighted by Gasteiger charge is 2.18. The number of nitrogens with zero attached hydrogens (tertiary/aromatic N) is 3. The average Bonchev–Trinajstić information content (AvgIpc) is 2.90. The molecule has 4 nitrogen and oxygen atoms in total. The molecule has 1 aliphatic carbocycles. The fourth-order valence-electron chi connectivity index (χ4n) is 3.92. The minimum atomic E-state index is 0.567. The van der Waals surface area contributed by atoms with Gasteiger partial charge in [0.05, 0.1) is 0 Å². The minimum absolute atomic E-state index is 0.567. The Labute approximate surface area is 144 Å². The second-order valence-electron chi connectivity index (χ2n) is 7.03. The third-order valence-electron chi connectivity index (χ3n) is 5.31. The van der Waals surface area contributed by atoms with Crippen LogP contribution in [-0.4, -0.2) is 22.6 Å². The van der Waals surface area contributed by atoms with E-state index in [4.69, 9.17) is 0 Å². The van der Waals surface area contributed by atoms with Crippen LogP contribution in [0, 0.1) is 0 Å². The molecule has 4 heteroatoms. The van der Waals surface area contributed by atoms with E-state index in [-0.39, 0.29) is 0 Å². The second-order valence-corrected chi connectivity index (χ2v) is 7.03. The zero-order valence-corrected chi connectivity index (χ0v) is 14.2. The molecule has 4 rings (SSSR count). The Morgan fingerprint density at radius 2 is 1.75 bits per heavy atom. The Balaban J connectivity index is 1.47. The van der Waals surface area contributed by atoms with Gasteiger partial charge in [0.1, 0.15) is 18.0 Å². The molecule has 1 N–H and O–H groups in total. The zero-order chi connectivity index (χ0) is 16.2. The van der Waals surface area contributed by atoms with Gasteiger partial charge in [-0.1, -0.05) is 49.9 Å². The van der Waals surface area contributed by atoms with Crippen molar-refractivity contribution >= 4 is 11.6 Å². The van der Waals surface area contributed by atoms with Gasteiger partial charge in [-0.05, 0) is 30.4 Å². The van der Waals surface area contributed by atoms with E-state index in [1.54, 1.807) is 6.33 Å². The Hall–Kier alpha value is -2.10. The molecular weight excluding hydrogens is 296 g/mol. The van der Waals surface area contributed by atoms with Crippen molar-refractivity contribution in [3.05, 3.63) is 47.8 Å². The van der Waals surface area contributed by atoms with Crippen LogP contribution in [0.3, 0.4) is 0 Å². The van der Waals surface area contributed by atoms with Crippen molar-refractivity contribution < 1.29 is 0 Å². The molecule has 0 spiro atoms. The summed E-state index contributed by atoms with van der Waals surface area (Å²) < 4.78 is 0. The van der Waals surface area contributed by atoms with E-state index < -0.39 is 0 Å². The lowest BCUT2D eigenvalue weighted by Crippen LogP contribution is -2.31. The molecule has 0 bridgehead atoms. The lowest BCUT2D eigenvalue weighted by atomic mass is 10.00. The van der Waals surface area contributed by atoms with Gasteiger partial charge in [0, 0.05) is 25.2 Å². The normalized spacial score (nSPS) is 18.8. The molecule has 2 aromatic rings. The van der Waals surface area contributed by atoms with Gasteiger partial charge in [0.15, 0.2) is 0 Å². The van der Waals surface area contributed by atoms with Crippen LogP contribution in [-0.2, 0) is 13.0 Å². The Morgan fingerprint density at radius 1 is 0.958 bits per heavy atom. The highest BCUT2D eigenvalue weighted by molar-refractivity contribution is 5.51. The van der Waals surface area contributed by atoms with Gasteiger partial charge in [-0.25, -0.2) is 9.97 Å². The summed E-state index contributed by atoms with van der Waals surface area (Å²) in [5.74, 6) is 2.02. The van der Waals surface area contributed by atoms with E-state index in [0.29, 0.717) is 6.04 Å². The summed E-state index contributed by atoms with van der Waals surface area (Å²) in [6, 6.07) is 11.4. The van der Waals surface area contributed by atoms with Crippen LogP contribution < -0.4 is 10.2 Å². The largest absolute Gasteiger partial charge is 0.367 e. The summed E-state index contributed by atoms with van der Waals surface area (Å²) in [4.78, 5) is 11.3. The maximum Gasteiger partial charge on any atom is 0.134 e. The van der Waals surface area contributed by atoms with E-state index in [0.717, 1.165) is 31.1 Å². The molecule has 0 atom stereocenters. The van der Waals surface area contributed by atoms with Crippen LogP contribution in [0.1, 0.15) is 49.7 Å². The van der Waals surface area contributed by atoms with Crippen LogP contribution in [0.4, 0.5) is 11.6 Å². The Morgan fingerprint density at radius 3 is 2.58 bits per heavy atom. The van der Waals surface area contributed by atoms with E-state index in [1.807, 2.05) is 0 Å². The highest BCUT2D eigenvalue weighted by Crippen LogP contribution is 2.25. The van der Waals surface area contributed by atoms with Crippen molar-refractivity contribution in [2.75, 3.05) is 16.8 Å². The molecule has 0 amide bonds. The monoisotopic (exact) mass is 322 g/mol. The SMILES string of the molecule is c1ccc2c(c1)CCN(c1cc(NC3CCCCCC3)ncn1)C2. The van der Waals surface area contributed by atoms with Gasteiger partial charge < -0.3 is 10.2 Å². The molecule has 1 aromatic carbocycles. The number of hydrogen-bond donors (Lipinski definition) is 1. The first kappa shape index (κ1) is 15.4. The molecule has 24 heavy (non-hydrogen) atoms. The topological polar surface area (TPSA) is 41.0 Å². The number of aromatic nitrogens is 2. The first-order valence-electron chi connectivity index (χ1n) is 9.29. The van der Waals surface area contributed by atoms with E-state index in [1.165, 1.54) is 49.7 Å². The zero-order valence-electron chi connectivity index (χ0n) is 14.2. The van der Waals surface area contributed by atoms with Gasteiger partial charge in [-0.3, -0.25) is 0 Å². The average molecular weight is 322 g/mol. The highest BCUT2D eigenvalue weighted by atomic mass is 15.2. The summed E-state index contributed by atoms with van der Waals surface area (Å²) in [6.45, 7) is 1.97. The van der Waals surface area contributed by atoms with Crippen LogP contribution in [0.2, 0.25) is 0 Å². The van der Waals surface area contributed by atoms with Crippen molar-refractivity contribution in [3.8, 4) is 0 Å². The van der Waals surface area contributed by atoms with Gasteiger partial charge in [0.2, 0.25) is 0 Å². The van der Waals surface area contributed by atoms with Crippen LogP contribution in [0.25, 0.3) is 0 Å². The predicted octanol–water partition coefficient (Wildman–Crippen LogP) is 4.17. The van der Waals surface area contributed by atoms with E-state index in [9.17, 15) is 0 Å². The van der Waals surface area contributed by atoms with Gasteiger partial charge >= 0.3 is 0 Å². The van der Waals surface area contributed by atoms with Gasteiger partial charge in [-0.15, -0.1) is 0 Å². The third-order valence-corrected chi connectivity index (χ3v) is 5.31. The number of rotatable bonds is 3. The van der Waals surface area contributed by atoms with Crippen molar-refractivity contribution in [1.29, 1.82) is 0 Å². The van der Waals surface area contributed by atoms with Gasteiger partial charge in [-0.2, -0.15) is 0 Å². The summed E-state index contributed by atoms with van der Waals surface area (Å²) in [5.41, 5.74) is 2.89. The maximum absolute atomic E-state index is 4.52. The van der Waals surface area contributed by atoms with Crippen molar-refractivity contribution in [3.63, 3.8) is 0 Å². The molecular formula is C20H26N4. The summed E-state index contributed by atoms with van der Waals surface area (Å²) >= 11 is 0.